The maximum atomic E-state index is 11.5. The van der Waals surface area contributed by atoms with Crippen molar-refractivity contribution in [2.75, 3.05) is 17.7 Å². The van der Waals surface area contributed by atoms with Gasteiger partial charge in [-0.1, -0.05) is 0 Å². The number of aryl methyl sites for hydroxylation is 1. The monoisotopic (exact) mass is 267 g/mol. The molecule has 0 spiro atoms. The first-order valence-electron chi connectivity index (χ1n) is 5.88. The third kappa shape index (κ3) is 1.86. The Kier molecular flexibility index (Phi) is 2.55. The Morgan fingerprint density at radius 2 is 2.39 bits per heavy atom. The molecular formula is C11H14ClN5O. The van der Waals surface area contributed by atoms with Gasteiger partial charge in [0.15, 0.2) is 5.65 Å². The number of H-pyrrole nitrogens is 1. The van der Waals surface area contributed by atoms with Crippen LogP contribution in [0.15, 0.2) is 10.9 Å². The van der Waals surface area contributed by atoms with Gasteiger partial charge in [-0.2, -0.15) is 5.10 Å². The van der Waals surface area contributed by atoms with Crippen molar-refractivity contribution in [2.24, 2.45) is 5.41 Å². The number of nitrogens with zero attached hydrogens (tertiary/aromatic N) is 3. The third-order valence-corrected chi connectivity index (χ3v) is 4.02. The van der Waals surface area contributed by atoms with E-state index < -0.39 is 0 Å². The smallest absolute Gasteiger partial charge is 0.349 e. The van der Waals surface area contributed by atoms with Crippen molar-refractivity contribution in [3.05, 3.63) is 22.4 Å². The molecule has 0 unspecified atom stereocenters. The summed E-state index contributed by atoms with van der Waals surface area (Å²) < 4.78 is 1.44. The standard InChI is InChI=1S/C11H14ClN5O/c1-7-14-8(13-6-11(5-12)2-3-11)4-9-15-16-10(18)17(7)9/h4,13H,2-3,5-6H2,1H3,(H,16,18). The van der Waals surface area contributed by atoms with Crippen molar-refractivity contribution in [3.8, 4) is 0 Å². The van der Waals surface area contributed by atoms with Gasteiger partial charge < -0.3 is 5.32 Å². The van der Waals surface area contributed by atoms with E-state index >= 15 is 0 Å². The summed E-state index contributed by atoms with van der Waals surface area (Å²) in [5.74, 6) is 2.02. The van der Waals surface area contributed by atoms with Crippen LogP contribution in [0.4, 0.5) is 5.82 Å². The zero-order valence-electron chi connectivity index (χ0n) is 10.0. The summed E-state index contributed by atoms with van der Waals surface area (Å²) in [6, 6.07) is 1.76. The van der Waals surface area contributed by atoms with E-state index in [0.29, 0.717) is 17.4 Å². The molecule has 2 N–H and O–H groups in total. The molecule has 96 valence electrons. The lowest BCUT2D eigenvalue weighted by molar-refractivity contribution is 0.617. The van der Waals surface area contributed by atoms with E-state index in [1.807, 2.05) is 0 Å². The van der Waals surface area contributed by atoms with Gasteiger partial charge in [0.05, 0.1) is 0 Å². The van der Waals surface area contributed by atoms with Crippen molar-refractivity contribution >= 4 is 23.1 Å². The van der Waals surface area contributed by atoms with E-state index in [2.05, 4.69) is 20.5 Å². The number of nitrogens with one attached hydrogen (secondary N) is 2. The van der Waals surface area contributed by atoms with Crippen LogP contribution in [-0.2, 0) is 0 Å². The number of fused-ring (bicyclic) bond motifs is 1. The Bertz CT molecular complexity index is 642. The number of hydrogen-bond acceptors (Lipinski definition) is 4. The molecule has 2 heterocycles. The fraction of sp³-hybridized carbons (Fsp3) is 0.545. The molecule has 0 aliphatic heterocycles. The Balaban J connectivity index is 1.87. The van der Waals surface area contributed by atoms with Crippen LogP contribution in [0.5, 0.6) is 0 Å². The van der Waals surface area contributed by atoms with Gasteiger partial charge in [0.2, 0.25) is 0 Å². The number of halogens is 1. The molecule has 1 aliphatic rings. The minimum atomic E-state index is -0.263. The lowest BCUT2D eigenvalue weighted by Crippen LogP contribution is -2.19. The predicted octanol–water partition coefficient (Wildman–Crippen LogP) is 1.16. The number of alkyl halides is 1. The SMILES string of the molecule is Cc1nc(NCC2(CCl)CC2)cc2n[nH]c(=O)n12. The number of aromatic nitrogens is 4. The van der Waals surface area contributed by atoms with E-state index in [0.717, 1.165) is 25.2 Å². The number of aromatic amines is 1. The summed E-state index contributed by atoms with van der Waals surface area (Å²) in [5, 5.41) is 9.62. The van der Waals surface area contributed by atoms with Crippen LogP contribution in [0, 0.1) is 12.3 Å². The molecule has 1 fully saturated rings. The Morgan fingerprint density at radius 1 is 1.61 bits per heavy atom. The summed E-state index contributed by atoms with van der Waals surface area (Å²) in [4.78, 5) is 15.8. The van der Waals surface area contributed by atoms with E-state index in [4.69, 9.17) is 11.6 Å². The van der Waals surface area contributed by atoms with Crippen molar-refractivity contribution in [3.63, 3.8) is 0 Å². The highest BCUT2D eigenvalue weighted by atomic mass is 35.5. The fourth-order valence-corrected chi connectivity index (χ4v) is 2.36. The highest BCUT2D eigenvalue weighted by Gasteiger charge is 2.41. The maximum absolute atomic E-state index is 11.5. The molecule has 6 nitrogen and oxygen atoms in total. The summed E-state index contributed by atoms with van der Waals surface area (Å²) >= 11 is 5.93. The summed E-state index contributed by atoms with van der Waals surface area (Å²) in [6.07, 6.45) is 2.32. The Morgan fingerprint density at radius 3 is 3.06 bits per heavy atom. The van der Waals surface area contributed by atoms with Gasteiger partial charge in [-0.15, -0.1) is 11.6 Å². The highest BCUT2D eigenvalue weighted by Crippen LogP contribution is 2.46. The molecule has 0 amide bonds. The van der Waals surface area contributed by atoms with Crippen LogP contribution in [0.2, 0.25) is 0 Å². The second-order valence-electron chi connectivity index (χ2n) is 4.90. The van der Waals surface area contributed by atoms with Crippen LogP contribution in [-0.4, -0.2) is 32.0 Å². The van der Waals surface area contributed by atoms with Gasteiger partial charge in [-0.05, 0) is 19.8 Å². The number of anilines is 1. The summed E-state index contributed by atoms with van der Waals surface area (Å²) in [5.41, 5.74) is 0.542. The van der Waals surface area contributed by atoms with Crippen molar-refractivity contribution in [2.45, 2.75) is 19.8 Å². The molecule has 18 heavy (non-hydrogen) atoms. The minimum Gasteiger partial charge on any atom is -0.369 e. The van der Waals surface area contributed by atoms with Crippen LogP contribution in [0.25, 0.3) is 5.65 Å². The molecular weight excluding hydrogens is 254 g/mol. The fourth-order valence-electron chi connectivity index (χ4n) is 2.00. The molecule has 2 aromatic heterocycles. The van der Waals surface area contributed by atoms with E-state index in [1.54, 1.807) is 13.0 Å². The average molecular weight is 268 g/mol. The van der Waals surface area contributed by atoms with Crippen LogP contribution < -0.4 is 11.0 Å². The Hall–Kier alpha value is -1.56. The molecule has 0 atom stereocenters. The Labute approximate surface area is 108 Å². The van der Waals surface area contributed by atoms with Crippen molar-refractivity contribution in [1.29, 1.82) is 0 Å². The van der Waals surface area contributed by atoms with Gasteiger partial charge in [0.25, 0.3) is 0 Å². The van der Waals surface area contributed by atoms with Crippen molar-refractivity contribution < 1.29 is 0 Å². The quantitative estimate of drug-likeness (QED) is 0.815. The van der Waals surface area contributed by atoms with Crippen LogP contribution in [0.3, 0.4) is 0 Å². The van der Waals surface area contributed by atoms with Gasteiger partial charge in [0.1, 0.15) is 11.6 Å². The van der Waals surface area contributed by atoms with Gasteiger partial charge in [-0.25, -0.2) is 19.3 Å². The molecule has 2 aromatic rings. The zero-order chi connectivity index (χ0) is 12.8. The molecule has 0 saturated heterocycles. The number of rotatable bonds is 4. The summed E-state index contributed by atoms with van der Waals surface area (Å²) in [6.45, 7) is 2.59. The average Bonchev–Trinajstić information content (AvgIpc) is 3.05. The molecule has 1 aliphatic carbocycles. The van der Waals surface area contributed by atoms with Gasteiger partial charge >= 0.3 is 5.69 Å². The first-order valence-corrected chi connectivity index (χ1v) is 6.42. The second-order valence-corrected chi connectivity index (χ2v) is 5.17. The van der Waals surface area contributed by atoms with E-state index in [9.17, 15) is 4.79 Å². The lowest BCUT2D eigenvalue weighted by atomic mass is 10.1. The molecule has 0 aromatic carbocycles. The topological polar surface area (TPSA) is 75.1 Å². The van der Waals surface area contributed by atoms with E-state index in [-0.39, 0.29) is 11.1 Å². The van der Waals surface area contributed by atoms with Crippen LogP contribution >= 0.6 is 11.6 Å². The highest BCUT2D eigenvalue weighted by molar-refractivity contribution is 6.18. The molecule has 0 radical (unpaired) electrons. The van der Waals surface area contributed by atoms with E-state index in [1.165, 1.54) is 4.40 Å². The molecule has 1 saturated carbocycles. The van der Waals surface area contributed by atoms with Gasteiger partial charge in [0, 0.05) is 23.9 Å². The molecule has 3 rings (SSSR count). The first kappa shape index (κ1) is 11.5. The minimum absolute atomic E-state index is 0.231. The van der Waals surface area contributed by atoms with Crippen LogP contribution in [0.1, 0.15) is 18.7 Å². The lowest BCUT2D eigenvalue weighted by Gasteiger charge is -2.13. The second kappa shape index (κ2) is 3.98. The summed E-state index contributed by atoms with van der Waals surface area (Å²) in [7, 11) is 0. The zero-order valence-corrected chi connectivity index (χ0v) is 10.8. The van der Waals surface area contributed by atoms with Gasteiger partial charge in [-0.3, -0.25) is 0 Å². The largest absolute Gasteiger partial charge is 0.369 e. The normalized spacial score (nSPS) is 17.0. The molecule has 7 heteroatoms. The maximum Gasteiger partial charge on any atom is 0.349 e. The number of hydrogen-bond donors (Lipinski definition) is 2. The molecule has 0 bridgehead atoms. The van der Waals surface area contributed by atoms with Crippen molar-refractivity contribution in [1.82, 2.24) is 19.6 Å². The predicted molar refractivity (Wildman–Crippen MR) is 69.2 cm³/mol. The first-order chi connectivity index (χ1) is 8.63. The third-order valence-electron chi connectivity index (χ3n) is 3.46.